The number of carboxylic acid groups (broad SMARTS) is 1. The molecule has 27 heavy (non-hydrogen) atoms. The zero-order valence-corrected chi connectivity index (χ0v) is 16.4. The molecule has 0 radical (unpaired) electrons. The van der Waals surface area contributed by atoms with Gasteiger partial charge in [0.15, 0.2) is 0 Å². The van der Waals surface area contributed by atoms with E-state index in [0.717, 1.165) is 24.2 Å². The molecule has 2 heterocycles. The number of amides is 1. The van der Waals surface area contributed by atoms with E-state index in [-0.39, 0.29) is 6.04 Å². The Bertz CT molecular complexity index is 898. The van der Waals surface area contributed by atoms with Gasteiger partial charge < -0.3 is 14.5 Å². The number of rotatable bonds is 4. The van der Waals surface area contributed by atoms with Crippen LogP contribution < -0.4 is 0 Å². The van der Waals surface area contributed by atoms with Gasteiger partial charge in [-0.25, -0.2) is 4.79 Å². The second-order valence-electron chi connectivity index (χ2n) is 7.27. The molecule has 0 unspecified atom stereocenters. The van der Waals surface area contributed by atoms with Gasteiger partial charge >= 0.3 is 6.09 Å². The Morgan fingerprint density at radius 3 is 2.63 bits per heavy atom. The summed E-state index contributed by atoms with van der Waals surface area (Å²) in [5.74, 6) is 1.31. The Labute approximate surface area is 167 Å². The van der Waals surface area contributed by atoms with Crippen LogP contribution in [0.15, 0.2) is 34.4 Å². The van der Waals surface area contributed by atoms with Crippen LogP contribution in [0.4, 0.5) is 4.79 Å². The largest absolute Gasteiger partial charge is 0.465 e. The normalized spacial score (nSPS) is 19.9. The fourth-order valence-electron chi connectivity index (χ4n) is 3.70. The summed E-state index contributed by atoms with van der Waals surface area (Å²) in [6, 6.07) is 5.34. The van der Waals surface area contributed by atoms with Gasteiger partial charge in [-0.05, 0) is 44.7 Å². The van der Waals surface area contributed by atoms with Crippen LogP contribution in [0.5, 0.6) is 0 Å². The van der Waals surface area contributed by atoms with Gasteiger partial charge in [0.1, 0.15) is 11.5 Å². The molecule has 1 saturated carbocycles. The first kappa shape index (κ1) is 18.4. The number of carbonyl (C=O) groups is 1. The van der Waals surface area contributed by atoms with Gasteiger partial charge in [0, 0.05) is 29.6 Å². The molecular formula is C20H20Cl2N2O3. The van der Waals surface area contributed by atoms with Crippen LogP contribution in [0.1, 0.15) is 43.4 Å². The van der Waals surface area contributed by atoms with Gasteiger partial charge in [0.25, 0.3) is 0 Å². The van der Waals surface area contributed by atoms with E-state index >= 15 is 0 Å². The number of halogens is 2. The van der Waals surface area contributed by atoms with Crippen LogP contribution in [0.3, 0.4) is 0 Å². The number of hydrogen-bond acceptors (Lipinski definition) is 3. The molecule has 1 aliphatic heterocycles. The summed E-state index contributed by atoms with van der Waals surface area (Å²) in [7, 11) is 0. The van der Waals surface area contributed by atoms with E-state index in [1.54, 1.807) is 12.1 Å². The molecule has 1 aromatic heterocycles. The monoisotopic (exact) mass is 406 g/mol. The summed E-state index contributed by atoms with van der Waals surface area (Å²) >= 11 is 12.8. The van der Waals surface area contributed by atoms with Crippen molar-refractivity contribution in [3.05, 3.63) is 51.2 Å². The second-order valence-corrected chi connectivity index (χ2v) is 8.09. The summed E-state index contributed by atoms with van der Waals surface area (Å²) < 4.78 is 5.71. The van der Waals surface area contributed by atoms with Crippen molar-refractivity contribution in [1.82, 2.24) is 10.1 Å². The van der Waals surface area contributed by atoms with Gasteiger partial charge in [0.2, 0.25) is 0 Å². The minimum absolute atomic E-state index is 0.0564. The third-order valence-corrected chi connectivity index (χ3v) is 5.91. The summed E-state index contributed by atoms with van der Waals surface area (Å²) in [5.41, 5.74) is 3.61. The fraction of sp³-hybridized carbons (Fsp3) is 0.400. The average molecular weight is 407 g/mol. The smallest absolute Gasteiger partial charge is 0.407 e. The van der Waals surface area contributed by atoms with Crippen molar-refractivity contribution >= 4 is 29.3 Å². The molecule has 1 atom stereocenters. The molecule has 0 bridgehead atoms. The number of nitrogens with zero attached hydrogens (tertiary/aromatic N) is 2. The standard InChI is InChI=1S/C20H20Cl2N2O3/c1-11-9-12(7-8-24(11)20(25)26)10-14-18(23-27-19(14)13-5-6-13)17-15(21)3-2-4-16(17)22/h2-4,7,11,13H,5-6,8-10H2,1H3,(H,25,26)/t11-/m1/s1. The molecule has 1 N–H and O–H groups in total. The first-order valence-corrected chi connectivity index (χ1v) is 9.81. The van der Waals surface area contributed by atoms with Gasteiger partial charge in [-0.1, -0.05) is 46.1 Å². The Hall–Kier alpha value is -1.98. The summed E-state index contributed by atoms with van der Waals surface area (Å²) in [6.07, 6.45) is 4.67. The van der Waals surface area contributed by atoms with E-state index in [2.05, 4.69) is 5.16 Å². The lowest BCUT2D eigenvalue weighted by atomic mass is 9.92. The highest BCUT2D eigenvalue weighted by Gasteiger charge is 2.34. The quantitative estimate of drug-likeness (QED) is 0.654. The van der Waals surface area contributed by atoms with Crippen molar-refractivity contribution in [2.24, 2.45) is 0 Å². The van der Waals surface area contributed by atoms with Gasteiger partial charge in [-0.15, -0.1) is 0 Å². The lowest BCUT2D eigenvalue weighted by Crippen LogP contribution is -2.40. The van der Waals surface area contributed by atoms with Crippen molar-refractivity contribution in [2.75, 3.05) is 6.54 Å². The first-order valence-electron chi connectivity index (χ1n) is 9.06. The van der Waals surface area contributed by atoms with Crippen molar-refractivity contribution in [1.29, 1.82) is 0 Å². The maximum absolute atomic E-state index is 11.3. The van der Waals surface area contributed by atoms with Crippen molar-refractivity contribution in [2.45, 2.75) is 44.6 Å². The molecule has 1 aromatic carbocycles. The number of benzene rings is 1. The topological polar surface area (TPSA) is 66.6 Å². The van der Waals surface area contributed by atoms with E-state index in [0.29, 0.717) is 46.6 Å². The highest BCUT2D eigenvalue weighted by molar-refractivity contribution is 6.39. The molecule has 1 fully saturated rings. The highest BCUT2D eigenvalue weighted by Crippen LogP contribution is 2.46. The van der Waals surface area contributed by atoms with E-state index in [1.165, 1.54) is 10.5 Å². The summed E-state index contributed by atoms with van der Waals surface area (Å²) in [5, 5.41) is 14.7. The minimum atomic E-state index is -0.884. The molecule has 1 aliphatic carbocycles. The molecule has 2 aliphatic rings. The predicted molar refractivity (Wildman–Crippen MR) is 105 cm³/mol. The molecule has 5 nitrogen and oxygen atoms in total. The van der Waals surface area contributed by atoms with Crippen molar-refractivity contribution < 1.29 is 14.4 Å². The van der Waals surface area contributed by atoms with Crippen molar-refractivity contribution in [3.63, 3.8) is 0 Å². The molecular weight excluding hydrogens is 387 g/mol. The number of aromatic nitrogens is 1. The van der Waals surface area contributed by atoms with Gasteiger partial charge in [-0.2, -0.15) is 0 Å². The zero-order valence-electron chi connectivity index (χ0n) is 14.9. The van der Waals surface area contributed by atoms with Crippen LogP contribution in [0.2, 0.25) is 10.0 Å². The zero-order chi connectivity index (χ0) is 19.1. The van der Waals surface area contributed by atoms with E-state index < -0.39 is 6.09 Å². The Morgan fingerprint density at radius 2 is 2.04 bits per heavy atom. The molecule has 0 spiro atoms. The molecule has 2 aromatic rings. The fourth-order valence-corrected chi connectivity index (χ4v) is 4.27. The molecule has 4 rings (SSSR count). The Morgan fingerprint density at radius 1 is 1.33 bits per heavy atom. The lowest BCUT2D eigenvalue weighted by Gasteiger charge is -2.30. The maximum atomic E-state index is 11.3. The van der Waals surface area contributed by atoms with Crippen LogP contribution in [-0.2, 0) is 6.42 Å². The predicted octanol–water partition coefficient (Wildman–Crippen LogP) is 5.77. The first-order chi connectivity index (χ1) is 13.0. The van der Waals surface area contributed by atoms with Crippen LogP contribution >= 0.6 is 23.2 Å². The number of hydrogen-bond donors (Lipinski definition) is 1. The SMILES string of the molecule is C[C@@H]1CC(Cc2c(-c3c(Cl)cccc3Cl)noc2C2CC2)=CCN1C(=O)O. The van der Waals surface area contributed by atoms with Crippen LogP contribution in [0, 0.1) is 0 Å². The molecule has 1 amide bonds. The van der Waals surface area contributed by atoms with Gasteiger partial charge in [-0.3, -0.25) is 0 Å². The third-order valence-electron chi connectivity index (χ3n) is 5.28. The summed E-state index contributed by atoms with van der Waals surface area (Å²) in [4.78, 5) is 12.7. The summed E-state index contributed by atoms with van der Waals surface area (Å²) in [6.45, 7) is 2.33. The second kappa shape index (κ2) is 7.21. The van der Waals surface area contributed by atoms with E-state index in [9.17, 15) is 9.90 Å². The van der Waals surface area contributed by atoms with Crippen LogP contribution in [-0.4, -0.2) is 33.8 Å². The van der Waals surface area contributed by atoms with Crippen LogP contribution in [0.25, 0.3) is 11.3 Å². The molecule has 0 saturated heterocycles. The molecule has 142 valence electrons. The Balaban J connectivity index is 1.70. The third kappa shape index (κ3) is 3.58. The minimum Gasteiger partial charge on any atom is -0.465 e. The average Bonchev–Trinajstić information content (AvgIpc) is 3.37. The maximum Gasteiger partial charge on any atom is 0.407 e. The van der Waals surface area contributed by atoms with Crippen molar-refractivity contribution in [3.8, 4) is 11.3 Å². The lowest BCUT2D eigenvalue weighted by molar-refractivity contribution is 0.131. The Kier molecular flexibility index (Phi) is 4.91. The van der Waals surface area contributed by atoms with E-state index in [4.69, 9.17) is 27.7 Å². The molecule has 7 heteroatoms. The highest BCUT2D eigenvalue weighted by atomic mass is 35.5. The van der Waals surface area contributed by atoms with E-state index in [1.807, 2.05) is 19.1 Å². The van der Waals surface area contributed by atoms with Gasteiger partial charge in [0.05, 0.1) is 10.0 Å².